The molecule has 0 aromatic heterocycles. The molecule has 9 heteroatoms. The Bertz CT molecular complexity index is 1370. The Kier molecular flexibility index (Phi) is 7.12. The van der Waals surface area contributed by atoms with Crippen LogP contribution in [0.15, 0.2) is 71.4 Å². The van der Waals surface area contributed by atoms with Gasteiger partial charge in [-0.15, -0.1) is 0 Å². The van der Waals surface area contributed by atoms with E-state index in [2.05, 4.69) is 4.99 Å². The number of carbonyl (C=O) groups is 1. The minimum atomic E-state index is -0.694. The van der Waals surface area contributed by atoms with Crippen LogP contribution in [0.4, 0.5) is 5.69 Å². The van der Waals surface area contributed by atoms with Crippen molar-refractivity contribution in [2.75, 3.05) is 6.61 Å². The van der Waals surface area contributed by atoms with Crippen molar-refractivity contribution >= 4 is 35.2 Å². The average molecular weight is 493 g/mol. The topological polar surface area (TPSA) is 100 Å². The molecule has 1 heterocycles. The number of non-ortho nitro benzene ring substituents is 1. The highest BCUT2D eigenvalue weighted by Gasteiger charge is 2.27. The van der Waals surface area contributed by atoms with E-state index in [9.17, 15) is 14.9 Å². The van der Waals surface area contributed by atoms with Gasteiger partial charge in [0.05, 0.1) is 22.1 Å². The molecule has 0 fully saturated rings. The lowest BCUT2D eigenvalue weighted by Crippen LogP contribution is -2.06. The molecule has 35 heavy (non-hydrogen) atoms. The summed E-state index contributed by atoms with van der Waals surface area (Å²) in [7, 11) is 0. The van der Waals surface area contributed by atoms with Crippen LogP contribution in [0.5, 0.6) is 11.5 Å². The second-order valence-electron chi connectivity index (χ2n) is 7.67. The smallest absolute Gasteiger partial charge is 0.363 e. The van der Waals surface area contributed by atoms with Gasteiger partial charge in [-0.3, -0.25) is 10.1 Å². The molecule has 4 rings (SSSR count). The number of hydrogen-bond donors (Lipinski definition) is 0. The number of hydrogen-bond acceptors (Lipinski definition) is 7. The molecule has 0 unspecified atom stereocenters. The lowest BCUT2D eigenvalue weighted by atomic mass is 10.1. The van der Waals surface area contributed by atoms with Gasteiger partial charge in [-0.2, -0.15) is 0 Å². The number of halogens is 1. The first-order valence-corrected chi connectivity index (χ1v) is 11.1. The fourth-order valence-corrected chi connectivity index (χ4v) is 3.64. The molecule has 0 aliphatic carbocycles. The summed E-state index contributed by atoms with van der Waals surface area (Å²) < 4.78 is 16.9. The van der Waals surface area contributed by atoms with E-state index in [-0.39, 0.29) is 27.9 Å². The van der Waals surface area contributed by atoms with E-state index in [0.717, 1.165) is 11.1 Å². The molecule has 0 amide bonds. The van der Waals surface area contributed by atoms with Gasteiger partial charge in [0.2, 0.25) is 5.90 Å². The predicted octanol–water partition coefficient (Wildman–Crippen LogP) is 5.88. The first-order valence-electron chi connectivity index (χ1n) is 10.8. The second kappa shape index (κ2) is 10.4. The lowest BCUT2D eigenvalue weighted by molar-refractivity contribution is -0.384. The summed E-state index contributed by atoms with van der Waals surface area (Å²) in [5.41, 5.74) is 2.81. The molecule has 0 saturated heterocycles. The molecule has 0 N–H and O–H groups in total. The average Bonchev–Trinajstić information content (AvgIpc) is 3.18. The largest absolute Gasteiger partial charge is 0.490 e. The SMILES string of the molecule is CCOc1cc(/C=C2\N=C(c3cc([N+](=O)[O-])ccc3Cl)OC2=O)ccc1OCc1cccc(C)c1. The molecule has 0 radical (unpaired) electrons. The summed E-state index contributed by atoms with van der Waals surface area (Å²) in [6.45, 7) is 4.69. The molecule has 8 nitrogen and oxygen atoms in total. The van der Waals surface area contributed by atoms with Crippen LogP contribution in [0.25, 0.3) is 6.08 Å². The Morgan fingerprint density at radius 3 is 2.66 bits per heavy atom. The van der Waals surface area contributed by atoms with Crippen LogP contribution in [0.1, 0.15) is 29.2 Å². The predicted molar refractivity (Wildman–Crippen MR) is 132 cm³/mol. The first-order chi connectivity index (χ1) is 16.8. The van der Waals surface area contributed by atoms with Gasteiger partial charge in [-0.1, -0.05) is 47.5 Å². The summed E-state index contributed by atoms with van der Waals surface area (Å²) in [5.74, 6) is 0.294. The van der Waals surface area contributed by atoms with Crippen molar-refractivity contribution in [3.63, 3.8) is 0 Å². The Hall–Kier alpha value is -4.17. The first kappa shape index (κ1) is 24.0. The van der Waals surface area contributed by atoms with Crippen LogP contribution in [-0.4, -0.2) is 23.4 Å². The number of benzene rings is 3. The van der Waals surface area contributed by atoms with Gasteiger partial charge in [-0.05, 0) is 49.2 Å². The Morgan fingerprint density at radius 2 is 1.91 bits per heavy atom. The van der Waals surface area contributed by atoms with E-state index in [1.54, 1.807) is 18.2 Å². The number of esters is 1. The lowest BCUT2D eigenvalue weighted by Gasteiger charge is -2.13. The van der Waals surface area contributed by atoms with E-state index in [1.807, 2.05) is 38.1 Å². The normalized spacial score (nSPS) is 14.0. The zero-order valence-electron chi connectivity index (χ0n) is 19.0. The summed E-state index contributed by atoms with van der Waals surface area (Å²) in [4.78, 5) is 27.1. The van der Waals surface area contributed by atoms with Crippen molar-refractivity contribution in [1.82, 2.24) is 0 Å². The number of rotatable bonds is 8. The highest BCUT2D eigenvalue weighted by molar-refractivity contribution is 6.34. The van der Waals surface area contributed by atoms with E-state index in [1.165, 1.54) is 24.3 Å². The molecule has 0 saturated carbocycles. The molecule has 1 aliphatic rings. The molecule has 3 aromatic carbocycles. The molecule has 3 aromatic rings. The molecule has 0 bridgehead atoms. The number of aryl methyl sites for hydroxylation is 1. The van der Waals surface area contributed by atoms with E-state index in [4.69, 9.17) is 25.8 Å². The Labute approximate surface area is 206 Å². The van der Waals surface area contributed by atoms with Gasteiger partial charge >= 0.3 is 5.97 Å². The van der Waals surface area contributed by atoms with Crippen molar-refractivity contribution in [3.8, 4) is 11.5 Å². The molecular weight excluding hydrogens is 472 g/mol. The van der Waals surface area contributed by atoms with Crippen molar-refractivity contribution in [2.45, 2.75) is 20.5 Å². The number of nitro groups is 1. The molecule has 1 aliphatic heterocycles. The van der Waals surface area contributed by atoms with Gasteiger partial charge in [0, 0.05) is 12.1 Å². The second-order valence-corrected chi connectivity index (χ2v) is 8.08. The Morgan fingerprint density at radius 1 is 1.09 bits per heavy atom. The summed E-state index contributed by atoms with van der Waals surface area (Å²) >= 11 is 6.15. The highest BCUT2D eigenvalue weighted by Crippen LogP contribution is 2.32. The van der Waals surface area contributed by atoms with Crippen LogP contribution in [0.3, 0.4) is 0 Å². The molecular formula is C26H21ClN2O6. The number of aliphatic imine (C=N–C) groups is 1. The van der Waals surface area contributed by atoms with E-state index < -0.39 is 10.9 Å². The van der Waals surface area contributed by atoms with Crippen molar-refractivity contribution in [3.05, 3.63) is 104 Å². The quantitative estimate of drug-likeness (QED) is 0.168. The van der Waals surface area contributed by atoms with Gasteiger partial charge in [0.1, 0.15) is 6.61 Å². The number of nitrogens with zero attached hydrogens (tertiary/aromatic N) is 2. The van der Waals surface area contributed by atoms with Crippen LogP contribution in [0, 0.1) is 17.0 Å². The van der Waals surface area contributed by atoms with Crippen LogP contribution in [0.2, 0.25) is 5.02 Å². The van der Waals surface area contributed by atoms with Gasteiger partial charge in [-0.25, -0.2) is 9.79 Å². The summed E-state index contributed by atoms with van der Waals surface area (Å²) in [6.07, 6.45) is 1.54. The third-order valence-electron chi connectivity index (χ3n) is 5.06. The van der Waals surface area contributed by atoms with Crippen molar-refractivity contribution in [2.24, 2.45) is 4.99 Å². The zero-order valence-corrected chi connectivity index (χ0v) is 19.7. The minimum Gasteiger partial charge on any atom is -0.490 e. The van der Waals surface area contributed by atoms with Gasteiger partial charge in [0.25, 0.3) is 5.69 Å². The summed E-state index contributed by atoms with van der Waals surface area (Å²) in [6, 6.07) is 17.1. The van der Waals surface area contributed by atoms with Gasteiger partial charge < -0.3 is 14.2 Å². The monoisotopic (exact) mass is 492 g/mol. The third kappa shape index (κ3) is 5.67. The maximum Gasteiger partial charge on any atom is 0.363 e. The summed E-state index contributed by atoms with van der Waals surface area (Å²) in [5, 5.41) is 11.3. The number of nitro benzene ring substituents is 1. The third-order valence-corrected chi connectivity index (χ3v) is 5.39. The van der Waals surface area contributed by atoms with Crippen LogP contribution < -0.4 is 9.47 Å². The van der Waals surface area contributed by atoms with Gasteiger partial charge in [0.15, 0.2) is 17.2 Å². The van der Waals surface area contributed by atoms with Crippen molar-refractivity contribution < 1.29 is 23.9 Å². The maximum atomic E-state index is 12.4. The molecule has 0 atom stereocenters. The van der Waals surface area contributed by atoms with Crippen molar-refractivity contribution in [1.29, 1.82) is 0 Å². The number of ether oxygens (including phenoxy) is 3. The fraction of sp³-hybridized carbons (Fsp3) is 0.154. The highest BCUT2D eigenvalue weighted by atomic mass is 35.5. The van der Waals surface area contributed by atoms with E-state index >= 15 is 0 Å². The van der Waals surface area contributed by atoms with Crippen LogP contribution >= 0.6 is 11.6 Å². The van der Waals surface area contributed by atoms with Crippen LogP contribution in [-0.2, 0) is 16.1 Å². The number of carbonyl (C=O) groups excluding carboxylic acids is 1. The fourth-order valence-electron chi connectivity index (χ4n) is 3.44. The maximum absolute atomic E-state index is 12.4. The Balaban J connectivity index is 1.59. The molecule has 0 spiro atoms. The van der Waals surface area contributed by atoms with E-state index in [0.29, 0.717) is 30.3 Å². The zero-order chi connectivity index (χ0) is 24.9. The minimum absolute atomic E-state index is 0.0263. The molecule has 178 valence electrons. The standard InChI is InChI=1S/C26H21ClN2O6/c1-3-33-24-13-17(7-10-23(24)34-15-18-6-4-5-16(2)11-18)12-22-26(30)35-25(28-22)20-14-19(29(31)32)8-9-21(20)27/h4-14H,3,15H2,1-2H3/b22-12-. The number of cyclic esters (lactones) is 1.